The van der Waals surface area contributed by atoms with Crippen molar-refractivity contribution in [3.05, 3.63) is 72.0 Å². The lowest BCUT2D eigenvalue weighted by Crippen LogP contribution is -2.01. The van der Waals surface area contributed by atoms with E-state index in [4.69, 9.17) is 15.6 Å². The van der Waals surface area contributed by atoms with Crippen LogP contribution in [0.2, 0.25) is 0 Å². The molecule has 2 rings (SSSR count). The molecule has 1 atom stereocenters. The molecule has 1 aromatic carbocycles. The van der Waals surface area contributed by atoms with E-state index in [-0.39, 0.29) is 6.42 Å². The molecule has 0 aromatic heterocycles. The van der Waals surface area contributed by atoms with Crippen molar-refractivity contribution in [3.63, 3.8) is 0 Å². The Bertz CT molecular complexity index is 567. The Morgan fingerprint density at radius 3 is 2.48 bits per heavy atom. The summed E-state index contributed by atoms with van der Waals surface area (Å²) in [5, 5.41) is 8.63. The topological polar surface area (TPSA) is 72.6 Å². The van der Waals surface area contributed by atoms with Crippen molar-refractivity contribution in [2.24, 2.45) is 5.73 Å². The van der Waals surface area contributed by atoms with E-state index in [0.717, 1.165) is 30.8 Å². The number of carboxylic acid groups (broad SMARTS) is 1. The Labute approximate surface area is 138 Å². The van der Waals surface area contributed by atoms with Crippen molar-refractivity contribution in [2.75, 3.05) is 13.2 Å². The number of allylic oxidation sites excluding steroid dienone is 3. The van der Waals surface area contributed by atoms with Gasteiger partial charge in [-0.25, -0.2) is 0 Å². The van der Waals surface area contributed by atoms with Gasteiger partial charge in [0.1, 0.15) is 0 Å². The van der Waals surface area contributed by atoms with Gasteiger partial charge in [0, 0.05) is 18.2 Å². The average molecular weight is 315 g/mol. The van der Waals surface area contributed by atoms with Gasteiger partial charge < -0.3 is 15.6 Å². The van der Waals surface area contributed by atoms with Crippen LogP contribution < -0.4 is 5.73 Å². The molecule has 1 aliphatic heterocycles. The normalized spacial score (nSPS) is 17.1. The fourth-order valence-corrected chi connectivity index (χ4v) is 2.16. The number of aliphatic carboxylic acids is 1. The molecule has 0 bridgehead atoms. The Kier molecular flexibility index (Phi) is 7.84. The monoisotopic (exact) mass is 315 g/mol. The highest BCUT2D eigenvalue weighted by atomic mass is 16.5. The van der Waals surface area contributed by atoms with Crippen LogP contribution in [0.25, 0.3) is 0 Å². The Morgan fingerprint density at radius 2 is 2.09 bits per heavy atom. The second-order valence-corrected chi connectivity index (χ2v) is 5.48. The molecule has 1 aliphatic rings. The molecular formula is C19H25NO3. The summed E-state index contributed by atoms with van der Waals surface area (Å²) in [6.07, 6.45) is 4.68. The van der Waals surface area contributed by atoms with Gasteiger partial charge in [0.25, 0.3) is 0 Å². The maximum Gasteiger partial charge on any atom is 0.307 e. The minimum Gasteiger partial charge on any atom is -0.481 e. The molecule has 23 heavy (non-hydrogen) atoms. The van der Waals surface area contributed by atoms with Gasteiger partial charge in [0.15, 0.2) is 0 Å². The van der Waals surface area contributed by atoms with Crippen molar-refractivity contribution in [2.45, 2.75) is 25.7 Å². The number of carboxylic acids is 1. The third kappa shape index (κ3) is 6.98. The zero-order valence-corrected chi connectivity index (χ0v) is 13.6. The van der Waals surface area contributed by atoms with E-state index in [1.165, 1.54) is 5.56 Å². The van der Waals surface area contributed by atoms with Crippen LogP contribution in [0.5, 0.6) is 0 Å². The van der Waals surface area contributed by atoms with Crippen molar-refractivity contribution in [3.8, 4) is 0 Å². The van der Waals surface area contributed by atoms with Gasteiger partial charge >= 0.3 is 5.97 Å². The maximum atomic E-state index is 10.5. The predicted octanol–water partition coefficient (Wildman–Crippen LogP) is 3.41. The first-order valence-corrected chi connectivity index (χ1v) is 7.56. The number of nitrogens with two attached hydrogens (primary N) is 1. The number of hydrogen-bond donors (Lipinski definition) is 2. The summed E-state index contributed by atoms with van der Waals surface area (Å²) in [5.41, 5.74) is 8.99. The minimum absolute atomic E-state index is 0.0987. The molecule has 0 amide bonds. The molecule has 0 saturated carbocycles. The van der Waals surface area contributed by atoms with E-state index in [1.54, 1.807) is 6.08 Å². The smallest absolute Gasteiger partial charge is 0.307 e. The van der Waals surface area contributed by atoms with E-state index < -0.39 is 5.97 Å². The Morgan fingerprint density at radius 1 is 1.43 bits per heavy atom. The quantitative estimate of drug-likeness (QED) is 0.817. The molecule has 4 nitrogen and oxygen atoms in total. The molecule has 0 spiro atoms. The summed E-state index contributed by atoms with van der Waals surface area (Å²) < 4.78 is 5.31. The fraction of sp³-hybridized carbons (Fsp3) is 0.316. The first-order chi connectivity index (χ1) is 10.9. The van der Waals surface area contributed by atoms with Crippen LogP contribution in [0.3, 0.4) is 0 Å². The first-order valence-electron chi connectivity index (χ1n) is 7.56. The molecule has 1 heterocycles. The summed E-state index contributed by atoms with van der Waals surface area (Å²) in [5.74, 6) is -0.296. The van der Waals surface area contributed by atoms with Crippen LogP contribution in [0.1, 0.15) is 30.4 Å². The Hall–Kier alpha value is -2.33. The molecule has 4 heteroatoms. The molecule has 0 radical (unpaired) electrons. The predicted molar refractivity (Wildman–Crippen MR) is 93.2 cm³/mol. The van der Waals surface area contributed by atoms with Gasteiger partial charge in [-0.05, 0) is 30.0 Å². The molecule has 0 aliphatic carbocycles. The maximum absolute atomic E-state index is 10.5. The molecule has 3 N–H and O–H groups in total. The Balaban J connectivity index is 0.000000284. The van der Waals surface area contributed by atoms with Gasteiger partial charge in [0.05, 0.1) is 13.0 Å². The highest BCUT2D eigenvalue weighted by Crippen LogP contribution is 2.25. The highest BCUT2D eigenvalue weighted by Gasteiger charge is 2.17. The first kappa shape index (κ1) is 18.7. The van der Waals surface area contributed by atoms with Crippen molar-refractivity contribution in [1.82, 2.24) is 0 Å². The standard InChI is InChI=1S/C12H14O3.C7H11N/c13-12(14)7-9-1-3-10(4-2-9)11-5-6-15-8-11;1-4-5-6(2)7(3)8/h1-4,11H,5-8H2,(H,13,14);4-5H,1,3,8H2,2H3/b;6-5+. The van der Waals surface area contributed by atoms with Crippen molar-refractivity contribution in [1.29, 1.82) is 0 Å². The van der Waals surface area contributed by atoms with Gasteiger partial charge in [-0.2, -0.15) is 0 Å². The van der Waals surface area contributed by atoms with E-state index >= 15 is 0 Å². The van der Waals surface area contributed by atoms with E-state index in [0.29, 0.717) is 11.6 Å². The van der Waals surface area contributed by atoms with E-state index in [9.17, 15) is 4.79 Å². The van der Waals surface area contributed by atoms with Gasteiger partial charge in [-0.15, -0.1) is 0 Å². The van der Waals surface area contributed by atoms with Crippen molar-refractivity contribution < 1.29 is 14.6 Å². The lowest BCUT2D eigenvalue weighted by atomic mass is 9.97. The van der Waals surface area contributed by atoms with Gasteiger partial charge in [-0.1, -0.05) is 49.6 Å². The van der Waals surface area contributed by atoms with Crippen LogP contribution in [0, 0.1) is 0 Å². The number of carbonyl (C=O) groups is 1. The number of benzene rings is 1. The minimum atomic E-state index is -0.785. The lowest BCUT2D eigenvalue weighted by Gasteiger charge is -2.08. The van der Waals surface area contributed by atoms with Crippen LogP contribution in [-0.2, 0) is 16.0 Å². The largest absolute Gasteiger partial charge is 0.481 e. The number of rotatable bonds is 5. The average Bonchev–Trinajstić information content (AvgIpc) is 3.02. The van der Waals surface area contributed by atoms with Crippen LogP contribution >= 0.6 is 0 Å². The van der Waals surface area contributed by atoms with Crippen LogP contribution in [0.4, 0.5) is 0 Å². The molecule has 1 saturated heterocycles. The zero-order chi connectivity index (χ0) is 17.2. The molecule has 124 valence electrons. The van der Waals surface area contributed by atoms with Crippen LogP contribution in [0.15, 0.2) is 60.8 Å². The van der Waals surface area contributed by atoms with Crippen LogP contribution in [-0.4, -0.2) is 24.3 Å². The van der Waals surface area contributed by atoms with E-state index in [1.807, 2.05) is 37.3 Å². The SMILES string of the molecule is C=C/C=C(\C)C(=C)N.O=C(O)Cc1ccc(C2CCOC2)cc1. The summed E-state index contributed by atoms with van der Waals surface area (Å²) in [6, 6.07) is 7.80. The molecule has 1 aromatic rings. The molecule has 1 fully saturated rings. The highest BCUT2D eigenvalue weighted by molar-refractivity contribution is 5.70. The second kappa shape index (κ2) is 9.64. The lowest BCUT2D eigenvalue weighted by molar-refractivity contribution is -0.136. The van der Waals surface area contributed by atoms with E-state index in [2.05, 4.69) is 13.2 Å². The summed E-state index contributed by atoms with van der Waals surface area (Å²) in [4.78, 5) is 10.5. The summed E-state index contributed by atoms with van der Waals surface area (Å²) >= 11 is 0. The van der Waals surface area contributed by atoms with Gasteiger partial charge in [-0.3, -0.25) is 4.79 Å². The summed E-state index contributed by atoms with van der Waals surface area (Å²) in [6.45, 7) is 10.6. The number of hydrogen-bond acceptors (Lipinski definition) is 3. The third-order valence-corrected chi connectivity index (χ3v) is 3.61. The number of ether oxygens (including phenoxy) is 1. The fourth-order valence-electron chi connectivity index (χ4n) is 2.16. The van der Waals surface area contributed by atoms with Gasteiger partial charge in [0.2, 0.25) is 0 Å². The zero-order valence-electron chi connectivity index (χ0n) is 13.6. The van der Waals surface area contributed by atoms with Crippen molar-refractivity contribution >= 4 is 5.97 Å². The molecular weight excluding hydrogens is 290 g/mol. The third-order valence-electron chi connectivity index (χ3n) is 3.61. The molecule has 1 unspecified atom stereocenters. The summed E-state index contributed by atoms with van der Waals surface area (Å²) in [7, 11) is 0. The second-order valence-electron chi connectivity index (χ2n) is 5.48.